The molecule has 0 aliphatic carbocycles. The number of pyridine rings is 1. The van der Waals surface area contributed by atoms with Crippen LogP contribution in [0.1, 0.15) is 44.4 Å². The van der Waals surface area contributed by atoms with E-state index in [9.17, 15) is 10.1 Å². The number of hydrogen-bond acceptors (Lipinski definition) is 5. The van der Waals surface area contributed by atoms with Crippen LogP contribution in [-0.4, -0.2) is 47.8 Å². The molecule has 0 saturated carbocycles. The number of nitriles is 1. The number of ether oxygens (including phenoxy) is 1. The molecule has 1 saturated heterocycles. The zero-order valence-corrected chi connectivity index (χ0v) is 16.3. The molecule has 1 aliphatic rings. The zero-order chi connectivity index (χ0) is 18.8. The molecule has 0 N–H and O–H groups in total. The van der Waals surface area contributed by atoms with E-state index < -0.39 is 5.60 Å². The van der Waals surface area contributed by atoms with Crippen molar-refractivity contribution >= 4 is 23.5 Å². The van der Waals surface area contributed by atoms with Gasteiger partial charge >= 0.3 is 6.09 Å². The summed E-state index contributed by atoms with van der Waals surface area (Å²) in [4.78, 5) is 20.4. The number of carbonyl (C=O) groups excluding carboxylic acids is 1. The summed E-state index contributed by atoms with van der Waals surface area (Å²) in [6, 6.07) is 2.15. The van der Waals surface area contributed by atoms with E-state index in [1.807, 2.05) is 34.6 Å². The Balaban J connectivity index is 2.15. The lowest BCUT2D eigenvalue weighted by atomic mass is 10.0. The predicted molar refractivity (Wildman–Crippen MR) is 98.1 cm³/mol. The van der Waals surface area contributed by atoms with Crippen LogP contribution < -0.4 is 4.90 Å². The van der Waals surface area contributed by atoms with Crippen molar-refractivity contribution in [1.82, 2.24) is 9.88 Å². The minimum absolute atomic E-state index is 0.245. The molecule has 0 radical (unpaired) electrons. The van der Waals surface area contributed by atoms with Crippen molar-refractivity contribution in [3.8, 4) is 6.07 Å². The van der Waals surface area contributed by atoms with Gasteiger partial charge in [0.25, 0.3) is 0 Å². The molecule has 1 aromatic heterocycles. The zero-order valence-electron chi connectivity index (χ0n) is 15.5. The van der Waals surface area contributed by atoms with Crippen molar-refractivity contribution in [3.05, 3.63) is 21.8 Å². The molecular weight excluding hydrogens is 340 g/mol. The summed E-state index contributed by atoms with van der Waals surface area (Å²) in [5.74, 6) is 0.796. The van der Waals surface area contributed by atoms with E-state index in [0.717, 1.165) is 23.4 Å². The second-order valence-electron chi connectivity index (χ2n) is 7.12. The molecule has 7 heteroatoms. The molecule has 0 aromatic carbocycles. The Hall–Kier alpha value is -2.00. The van der Waals surface area contributed by atoms with Crippen LogP contribution in [0.15, 0.2) is 0 Å². The van der Waals surface area contributed by atoms with Gasteiger partial charge in [0.15, 0.2) is 0 Å². The Morgan fingerprint density at radius 1 is 1.32 bits per heavy atom. The minimum atomic E-state index is -0.497. The lowest BCUT2D eigenvalue weighted by Gasteiger charge is -2.37. The standard InChI is InChI=1S/C18H25ClN4O2/c1-6-13-12(2)16(21-15(19)14(13)11-20)22-7-9-23(10-8-22)17(24)25-18(3,4)5/h6-10H2,1-5H3. The lowest BCUT2D eigenvalue weighted by molar-refractivity contribution is 0.0240. The third kappa shape index (κ3) is 4.35. The number of carbonyl (C=O) groups is 1. The summed E-state index contributed by atoms with van der Waals surface area (Å²) in [7, 11) is 0. The summed E-state index contributed by atoms with van der Waals surface area (Å²) in [6.45, 7) is 12.0. The fraction of sp³-hybridized carbons (Fsp3) is 0.611. The number of aromatic nitrogens is 1. The van der Waals surface area contributed by atoms with E-state index in [1.54, 1.807) is 4.90 Å². The van der Waals surface area contributed by atoms with E-state index in [2.05, 4.69) is 16.0 Å². The molecule has 0 atom stereocenters. The van der Waals surface area contributed by atoms with Crippen LogP contribution in [0.5, 0.6) is 0 Å². The molecule has 0 spiro atoms. The highest BCUT2D eigenvalue weighted by atomic mass is 35.5. The van der Waals surface area contributed by atoms with Crippen LogP contribution >= 0.6 is 11.6 Å². The third-order valence-electron chi connectivity index (χ3n) is 4.20. The van der Waals surface area contributed by atoms with Crippen LogP contribution in [-0.2, 0) is 11.2 Å². The number of hydrogen-bond donors (Lipinski definition) is 0. The van der Waals surface area contributed by atoms with Gasteiger partial charge in [-0.05, 0) is 45.2 Å². The molecule has 25 heavy (non-hydrogen) atoms. The Kier molecular flexibility index (Phi) is 5.79. The van der Waals surface area contributed by atoms with Gasteiger partial charge in [-0.3, -0.25) is 0 Å². The van der Waals surface area contributed by atoms with Crippen LogP contribution in [0, 0.1) is 18.3 Å². The summed E-state index contributed by atoms with van der Waals surface area (Å²) in [6.07, 6.45) is 0.436. The Bertz CT molecular complexity index is 698. The topological polar surface area (TPSA) is 69.5 Å². The molecule has 1 fully saturated rings. The van der Waals surface area contributed by atoms with Gasteiger partial charge < -0.3 is 14.5 Å². The Labute approximate surface area is 154 Å². The quantitative estimate of drug-likeness (QED) is 0.751. The number of rotatable bonds is 2. The Morgan fingerprint density at radius 3 is 2.40 bits per heavy atom. The second kappa shape index (κ2) is 7.49. The molecule has 2 rings (SSSR count). The monoisotopic (exact) mass is 364 g/mol. The molecule has 136 valence electrons. The van der Waals surface area contributed by atoms with Crippen molar-refractivity contribution < 1.29 is 9.53 Å². The van der Waals surface area contributed by atoms with E-state index in [-0.39, 0.29) is 11.2 Å². The van der Waals surface area contributed by atoms with E-state index in [1.165, 1.54) is 0 Å². The molecule has 1 aliphatic heterocycles. The normalized spacial score (nSPS) is 15.1. The van der Waals surface area contributed by atoms with Crippen molar-refractivity contribution in [2.75, 3.05) is 31.1 Å². The minimum Gasteiger partial charge on any atom is -0.444 e. The highest BCUT2D eigenvalue weighted by Gasteiger charge is 2.28. The summed E-state index contributed by atoms with van der Waals surface area (Å²) >= 11 is 6.21. The highest BCUT2D eigenvalue weighted by molar-refractivity contribution is 6.30. The van der Waals surface area contributed by atoms with E-state index in [0.29, 0.717) is 31.7 Å². The predicted octanol–water partition coefficient (Wildman–Crippen LogP) is 3.53. The van der Waals surface area contributed by atoms with Crippen LogP contribution in [0.2, 0.25) is 5.15 Å². The summed E-state index contributed by atoms with van der Waals surface area (Å²) in [5.41, 5.74) is 1.88. The molecule has 1 amide bonds. The molecule has 0 bridgehead atoms. The Morgan fingerprint density at radius 2 is 1.92 bits per heavy atom. The van der Waals surface area contributed by atoms with Crippen molar-refractivity contribution in [1.29, 1.82) is 5.26 Å². The maximum Gasteiger partial charge on any atom is 0.410 e. The molecule has 6 nitrogen and oxygen atoms in total. The summed E-state index contributed by atoms with van der Waals surface area (Å²) in [5, 5.41) is 9.54. The smallest absolute Gasteiger partial charge is 0.410 e. The van der Waals surface area contributed by atoms with Gasteiger partial charge in [0.2, 0.25) is 0 Å². The summed E-state index contributed by atoms with van der Waals surface area (Å²) < 4.78 is 5.42. The molecule has 2 heterocycles. The van der Waals surface area contributed by atoms with Crippen molar-refractivity contribution in [3.63, 3.8) is 0 Å². The van der Waals surface area contributed by atoms with Gasteiger partial charge in [-0.25, -0.2) is 9.78 Å². The van der Waals surface area contributed by atoms with Crippen molar-refractivity contribution in [2.45, 2.75) is 46.6 Å². The van der Waals surface area contributed by atoms with Gasteiger partial charge in [0.1, 0.15) is 22.6 Å². The number of amides is 1. The first-order chi connectivity index (χ1) is 11.7. The maximum atomic E-state index is 12.2. The van der Waals surface area contributed by atoms with Gasteiger partial charge in [0, 0.05) is 26.2 Å². The number of halogens is 1. The van der Waals surface area contributed by atoms with Gasteiger partial charge in [-0.1, -0.05) is 18.5 Å². The van der Waals surface area contributed by atoms with E-state index in [4.69, 9.17) is 16.3 Å². The second-order valence-corrected chi connectivity index (χ2v) is 7.48. The average Bonchev–Trinajstić information content (AvgIpc) is 2.54. The first kappa shape index (κ1) is 19.3. The lowest BCUT2D eigenvalue weighted by Crippen LogP contribution is -2.50. The molecular formula is C18H25ClN4O2. The fourth-order valence-electron chi connectivity index (χ4n) is 2.97. The van der Waals surface area contributed by atoms with Crippen LogP contribution in [0.25, 0.3) is 0 Å². The largest absolute Gasteiger partial charge is 0.444 e. The molecule has 1 aromatic rings. The fourth-order valence-corrected chi connectivity index (χ4v) is 3.21. The van der Waals surface area contributed by atoms with Gasteiger partial charge in [0.05, 0.1) is 5.56 Å². The molecule has 0 unspecified atom stereocenters. The SMILES string of the molecule is CCc1c(C)c(N2CCN(C(=O)OC(C)(C)C)CC2)nc(Cl)c1C#N. The maximum absolute atomic E-state index is 12.2. The van der Waals surface area contributed by atoms with Crippen LogP contribution in [0.3, 0.4) is 0 Å². The average molecular weight is 365 g/mol. The van der Waals surface area contributed by atoms with Crippen LogP contribution in [0.4, 0.5) is 10.6 Å². The number of anilines is 1. The first-order valence-corrected chi connectivity index (χ1v) is 8.87. The van der Waals surface area contributed by atoms with Crippen molar-refractivity contribution in [2.24, 2.45) is 0 Å². The third-order valence-corrected chi connectivity index (χ3v) is 4.47. The number of piperazine rings is 1. The van der Waals surface area contributed by atoms with E-state index >= 15 is 0 Å². The highest BCUT2D eigenvalue weighted by Crippen LogP contribution is 2.29. The van der Waals surface area contributed by atoms with Gasteiger partial charge in [-0.15, -0.1) is 0 Å². The first-order valence-electron chi connectivity index (χ1n) is 8.49. The van der Waals surface area contributed by atoms with Gasteiger partial charge in [-0.2, -0.15) is 5.26 Å². The number of nitrogens with zero attached hydrogens (tertiary/aromatic N) is 4.